The van der Waals surface area contributed by atoms with Crippen LogP contribution in [0.2, 0.25) is 0 Å². The molecule has 0 amide bonds. The molecule has 2 fully saturated rings. The highest BCUT2D eigenvalue weighted by Gasteiger charge is 2.46. The van der Waals surface area contributed by atoms with Gasteiger partial charge in [0.1, 0.15) is 16.5 Å². The summed E-state index contributed by atoms with van der Waals surface area (Å²) in [5, 5.41) is 14.8. The molecule has 8 nitrogen and oxygen atoms in total. The number of ether oxygens (including phenoxy) is 1. The number of carbonyl (C=O) groups is 1. The second-order valence-electron chi connectivity index (χ2n) is 9.02. The van der Waals surface area contributed by atoms with Crippen LogP contribution in [0.1, 0.15) is 31.0 Å². The van der Waals surface area contributed by atoms with Gasteiger partial charge in [-0.2, -0.15) is 9.40 Å². The summed E-state index contributed by atoms with van der Waals surface area (Å²) in [5.41, 5.74) is 1.24. The van der Waals surface area contributed by atoms with Crippen LogP contribution >= 0.6 is 0 Å². The zero-order chi connectivity index (χ0) is 24.0. The molecule has 0 unspecified atom stereocenters. The minimum absolute atomic E-state index is 0.00539. The summed E-state index contributed by atoms with van der Waals surface area (Å²) < 4.78 is 49.8. The molecule has 1 aliphatic heterocycles. The van der Waals surface area contributed by atoms with Gasteiger partial charge in [0.05, 0.1) is 30.8 Å². The standard InChI is InChI=1S/C24H26FN3O5S/c1-33-16-9-10-23(19(25)11-16)34(31,32)27-13-18(15-5-4-6-15)22(14-27)28-21-8-3-2-7-17(21)20(26-28)12-24(29)30/h2-3,7-11,15,18,22H,4-6,12-14H2,1H3,(H,29,30)/t18-,22-/m0/s1. The SMILES string of the molecule is COc1ccc(S(=O)(=O)N2C[C@@H](C3CCC3)[C@@H](n3nc(CC(=O)O)c4ccccc43)C2)c(F)c1. The van der Waals surface area contributed by atoms with Crippen LogP contribution in [0.3, 0.4) is 0 Å². The zero-order valence-electron chi connectivity index (χ0n) is 18.7. The van der Waals surface area contributed by atoms with Crippen molar-refractivity contribution in [1.29, 1.82) is 0 Å². The third kappa shape index (κ3) is 3.84. The number of aromatic nitrogens is 2. The number of carboxylic acid groups (broad SMARTS) is 1. The van der Waals surface area contributed by atoms with E-state index in [1.807, 2.05) is 24.3 Å². The molecule has 2 aromatic carbocycles. The lowest BCUT2D eigenvalue weighted by atomic mass is 9.74. The van der Waals surface area contributed by atoms with Crippen molar-refractivity contribution in [2.75, 3.05) is 20.2 Å². The third-order valence-electron chi connectivity index (χ3n) is 7.13. The third-order valence-corrected chi connectivity index (χ3v) is 9.00. The molecule has 34 heavy (non-hydrogen) atoms. The lowest BCUT2D eigenvalue weighted by molar-refractivity contribution is -0.136. The highest BCUT2D eigenvalue weighted by atomic mass is 32.2. The van der Waals surface area contributed by atoms with E-state index in [2.05, 4.69) is 5.10 Å². The maximum atomic E-state index is 14.7. The molecule has 3 aromatic rings. The van der Waals surface area contributed by atoms with Gasteiger partial charge in [0.15, 0.2) is 0 Å². The second kappa shape index (κ2) is 8.66. The molecule has 1 saturated carbocycles. The van der Waals surface area contributed by atoms with E-state index >= 15 is 0 Å². The Kier molecular flexibility index (Phi) is 5.81. The van der Waals surface area contributed by atoms with Crippen LogP contribution in [-0.4, -0.2) is 53.8 Å². The molecule has 2 aliphatic rings. The Morgan fingerprint density at radius 3 is 2.62 bits per heavy atom. The molecular weight excluding hydrogens is 461 g/mol. The summed E-state index contributed by atoms with van der Waals surface area (Å²) in [7, 11) is -2.69. The van der Waals surface area contributed by atoms with Crippen LogP contribution < -0.4 is 4.74 Å². The van der Waals surface area contributed by atoms with Crippen LogP contribution in [0.5, 0.6) is 5.75 Å². The Hall–Kier alpha value is -2.98. The highest BCUT2D eigenvalue weighted by molar-refractivity contribution is 7.89. The van der Waals surface area contributed by atoms with Crippen molar-refractivity contribution in [3.8, 4) is 5.75 Å². The first-order valence-corrected chi connectivity index (χ1v) is 12.7. The quantitative estimate of drug-likeness (QED) is 0.548. The van der Waals surface area contributed by atoms with E-state index in [-0.39, 0.29) is 42.1 Å². The van der Waals surface area contributed by atoms with E-state index in [0.717, 1.165) is 36.2 Å². The Balaban J connectivity index is 1.54. The average Bonchev–Trinajstić information content (AvgIpc) is 3.34. The Labute approximate surface area is 197 Å². The number of nitrogens with zero attached hydrogens (tertiary/aromatic N) is 3. The predicted molar refractivity (Wildman–Crippen MR) is 123 cm³/mol. The number of halogens is 1. The van der Waals surface area contributed by atoms with Gasteiger partial charge in [-0.15, -0.1) is 0 Å². The summed E-state index contributed by atoms with van der Waals surface area (Å²) in [4.78, 5) is 11.0. The molecule has 0 radical (unpaired) electrons. The van der Waals surface area contributed by atoms with Gasteiger partial charge in [-0.3, -0.25) is 9.48 Å². The van der Waals surface area contributed by atoms with Crippen molar-refractivity contribution in [2.45, 2.75) is 36.6 Å². The van der Waals surface area contributed by atoms with E-state index in [0.29, 0.717) is 11.6 Å². The van der Waals surface area contributed by atoms with Crippen molar-refractivity contribution in [3.05, 3.63) is 54.0 Å². The fourth-order valence-corrected chi connectivity index (χ4v) is 6.74. The second-order valence-corrected chi connectivity index (χ2v) is 10.9. The number of fused-ring (bicyclic) bond motifs is 1. The molecule has 1 aromatic heterocycles. The minimum Gasteiger partial charge on any atom is -0.497 e. The number of rotatable bonds is 7. The summed E-state index contributed by atoms with van der Waals surface area (Å²) >= 11 is 0. The Morgan fingerprint density at radius 2 is 1.97 bits per heavy atom. The van der Waals surface area contributed by atoms with Crippen molar-refractivity contribution < 1.29 is 27.4 Å². The van der Waals surface area contributed by atoms with E-state index in [1.165, 1.54) is 23.5 Å². The number of carboxylic acids is 1. The fraction of sp³-hybridized carbons (Fsp3) is 0.417. The number of methoxy groups -OCH3 is 1. The fourth-order valence-electron chi connectivity index (χ4n) is 5.20. The maximum absolute atomic E-state index is 14.7. The number of sulfonamides is 1. The normalized spacial score (nSPS) is 21.6. The van der Waals surface area contributed by atoms with Gasteiger partial charge in [0.25, 0.3) is 0 Å². The van der Waals surface area contributed by atoms with Crippen molar-refractivity contribution in [2.24, 2.45) is 11.8 Å². The first kappa shape index (κ1) is 22.8. The summed E-state index contributed by atoms with van der Waals surface area (Å²) in [6.07, 6.45) is 2.89. The molecule has 180 valence electrons. The molecule has 1 aliphatic carbocycles. The van der Waals surface area contributed by atoms with Crippen molar-refractivity contribution in [3.63, 3.8) is 0 Å². The lowest BCUT2D eigenvalue weighted by Gasteiger charge is -2.34. The smallest absolute Gasteiger partial charge is 0.309 e. The van der Waals surface area contributed by atoms with Crippen LogP contribution in [0, 0.1) is 17.7 Å². The van der Waals surface area contributed by atoms with E-state index in [9.17, 15) is 22.7 Å². The van der Waals surface area contributed by atoms with Crippen LogP contribution in [0.4, 0.5) is 4.39 Å². The van der Waals surface area contributed by atoms with E-state index < -0.39 is 21.8 Å². The number of para-hydroxylation sites is 1. The molecule has 10 heteroatoms. The largest absolute Gasteiger partial charge is 0.497 e. The molecular formula is C24H26FN3O5S. The maximum Gasteiger partial charge on any atom is 0.309 e. The van der Waals surface area contributed by atoms with Gasteiger partial charge < -0.3 is 9.84 Å². The van der Waals surface area contributed by atoms with Crippen LogP contribution in [0.25, 0.3) is 10.9 Å². The Morgan fingerprint density at radius 1 is 1.21 bits per heavy atom. The van der Waals surface area contributed by atoms with Gasteiger partial charge in [-0.25, -0.2) is 12.8 Å². The molecule has 0 spiro atoms. The summed E-state index contributed by atoms with van der Waals surface area (Å²) in [6, 6.07) is 10.9. The summed E-state index contributed by atoms with van der Waals surface area (Å²) in [6.45, 7) is 0.415. The van der Waals surface area contributed by atoms with E-state index in [4.69, 9.17) is 4.74 Å². The van der Waals surface area contributed by atoms with Crippen molar-refractivity contribution in [1.82, 2.24) is 14.1 Å². The number of hydrogen-bond donors (Lipinski definition) is 1. The number of aliphatic carboxylic acids is 1. The summed E-state index contributed by atoms with van der Waals surface area (Å²) in [5.74, 6) is -1.23. The lowest BCUT2D eigenvalue weighted by Crippen LogP contribution is -2.32. The molecule has 2 heterocycles. The van der Waals surface area contributed by atoms with E-state index in [1.54, 1.807) is 4.68 Å². The average molecular weight is 488 g/mol. The van der Waals surface area contributed by atoms with Crippen LogP contribution in [-0.2, 0) is 21.2 Å². The molecule has 1 N–H and O–H groups in total. The van der Waals surface area contributed by atoms with Crippen LogP contribution in [0.15, 0.2) is 47.4 Å². The van der Waals surface area contributed by atoms with Gasteiger partial charge in [-0.1, -0.05) is 37.5 Å². The monoisotopic (exact) mass is 487 g/mol. The first-order valence-electron chi connectivity index (χ1n) is 11.3. The highest BCUT2D eigenvalue weighted by Crippen LogP contribution is 2.45. The number of hydrogen-bond acceptors (Lipinski definition) is 5. The first-order chi connectivity index (χ1) is 16.3. The van der Waals surface area contributed by atoms with Gasteiger partial charge >= 0.3 is 5.97 Å². The molecule has 0 bridgehead atoms. The molecule has 1 saturated heterocycles. The molecule has 2 atom stereocenters. The van der Waals surface area contributed by atoms with Gasteiger partial charge in [0, 0.05) is 24.5 Å². The zero-order valence-corrected chi connectivity index (χ0v) is 19.5. The van der Waals surface area contributed by atoms with Gasteiger partial charge in [0.2, 0.25) is 10.0 Å². The molecule has 5 rings (SSSR count). The predicted octanol–water partition coefficient (Wildman–Crippen LogP) is 3.47. The number of benzene rings is 2. The Bertz CT molecular complexity index is 1350. The minimum atomic E-state index is -4.08. The van der Waals surface area contributed by atoms with Crippen molar-refractivity contribution >= 4 is 26.9 Å². The van der Waals surface area contributed by atoms with Gasteiger partial charge in [-0.05, 0) is 30.0 Å². The topological polar surface area (TPSA) is 102 Å².